The topological polar surface area (TPSA) is 65.2 Å². The quantitative estimate of drug-likeness (QED) is 0.762. The van der Waals surface area contributed by atoms with E-state index in [1.807, 2.05) is 0 Å². The molecule has 2 rings (SSSR count). The summed E-state index contributed by atoms with van der Waals surface area (Å²) < 4.78 is 5.10. The number of hydrogen-bond donors (Lipinski definition) is 1. The summed E-state index contributed by atoms with van der Waals surface area (Å²) in [6.45, 7) is 0. The number of carbonyl (C=O) groups excluding carboxylic acids is 1. The van der Waals surface area contributed by atoms with E-state index in [9.17, 15) is 4.79 Å². The van der Waals surface area contributed by atoms with Gasteiger partial charge in [0.2, 0.25) is 0 Å². The number of nitrogens with two attached hydrogens (primary N) is 1. The molecule has 1 unspecified atom stereocenters. The van der Waals surface area contributed by atoms with Gasteiger partial charge in [-0.1, -0.05) is 0 Å². The summed E-state index contributed by atoms with van der Waals surface area (Å²) in [4.78, 5) is 16.0. The predicted octanol–water partition coefficient (Wildman–Crippen LogP) is 1.40. The molecule has 1 fully saturated rings. The highest BCUT2D eigenvalue weighted by Crippen LogP contribution is 2.33. The van der Waals surface area contributed by atoms with E-state index in [1.54, 1.807) is 18.3 Å². The molecule has 0 aliphatic heterocycles. The van der Waals surface area contributed by atoms with Gasteiger partial charge in [0.25, 0.3) is 0 Å². The molecule has 0 radical (unpaired) electrons. The predicted molar refractivity (Wildman–Crippen MR) is 60.4 cm³/mol. The van der Waals surface area contributed by atoms with Crippen LogP contribution in [0.1, 0.15) is 29.8 Å². The van der Waals surface area contributed by atoms with Gasteiger partial charge in [0, 0.05) is 18.7 Å². The molecule has 0 bridgehead atoms. The number of methoxy groups -OCH3 is 1. The average Bonchev–Trinajstić information content (AvgIpc) is 3.12. The number of aromatic nitrogens is 1. The Kier molecular flexibility index (Phi) is 3.19. The van der Waals surface area contributed by atoms with Gasteiger partial charge in [-0.3, -0.25) is 4.79 Å². The molecule has 1 saturated carbocycles. The molecular formula is C12H16N2O2. The maximum Gasteiger partial charge on any atom is 0.186 e. The van der Waals surface area contributed by atoms with Gasteiger partial charge >= 0.3 is 0 Å². The van der Waals surface area contributed by atoms with Crippen LogP contribution in [-0.4, -0.2) is 23.9 Å². The van der Waals surface area contributed by atoms with Crippen LogP contribution in [0.3, 0.4) is 0 Å². The summed E-state index contributed by atoms with van der Waals surface area (Å²) in [7, 11) is 1.54. The van der Waals surface area contributed by atoms with Gasteiger partial charge in [0.1, 0.15) is 11.4 Å². The Morgan fingerprint density at radius 2 is 2.44 bits per heavy atom. The van der Waals surface area contributed by atoms with Gasteiger partial charge in [0.15, 0.2) is 5.78 Å². The summed E-state index contributed by atoms with van der Waals surface area (Å²) >= 11 is 0. The molecule has 1 aliphatic carbocycles. The minimum absolute atomic E-state index is 0.0285. The van der Waals surface area contributed by atoms with Crippen molar-refractivity contribution in [2.45, 2.75) is 25.3 Å². The van der Waals surface area contributed by atoms with Crippen LogP contribution < -0.4 is 10.5 Å². The van der Waals surface area contributed by atoms with Crippen molar-refractivity contribution in [3.05, 3.63) is 24.0 Å². The first-order valence-corrected chi connectivity index (χ1v) is 5.50. The number of rotatable bonds is 5. The Morgan fingerprint density at radius 3 is 3.06 bits per heavy atom. The summed E-state index contributed by atoms with van der Waals surface area (Å²) in [5, 5.41) is 0. The lowest BCUT2D eigenvalue weighted by Crippen LogP contribution is -2.26. The number of ketones is 1. The van der Waals surface area contributed by atoms with Gasteiger partial charge in [-0.05, 0) is 30.9 Å². The summed E-state index contributed by atoms with van der Waals surface area (Å²) in [5.74, 6) is 1.02. The van der Waals surface area contributed by atoms with Crippen LogP contribution in [0, 0.1) is 5.92 Å². The van der Waals surface area contributed by atoms with Crippen LogP contribution in [0.25, 0.3) is 0 Å². The van der Waals surface area contributed by atoms with E-state index in [2.05, 4.69) is 4.98 Å². The number of pyridine rings is 1. The first-order chi connectivity index (χ1) is 7.72. The van der Waals surface area contributed by atoms with Crippen molar-refractivity contribution in [2.75, 3.05) is 7.11 Å². The molecule has 0 aromatic carbocycles. The molecule has 1 aromatic rings. The Hall–Kier alpha value is -1.42. The molecule has 0 amide bonds. The van der Waals surface area contributed by atoms with Crippen molar-refractivity contribution >= 4 is 5.78 Å². The summed E-state index contributed by atoms with van der Waals surface area (Å²) in [6, 6.07) is 3.46. The minimum atomic E-state index is -0.0307. The van der Waals surface area contributed by atoms with E-state index in [4.69, 9.17) is 10.5 Å². The molecule has 1 aliphatic rings. The highest BCUT2D eigenvalue weighted by Gasteiger charge is 2.30. The second-order valence-electron chi connectivity index (χ2n) is 4.18. The van der Waals surface area contributed by atoms with Crippen LogP contribution in [-0.2, 0) is 0 Å². The van der Waals surface area contributed by atoms with Crippen LogP contribution in [0.2, 0.25) is 0 Å². The first kappa shape index (κ1) is 11.1. The maximum atomic E-state index is 11.9. The van der Waals surface area contributed by atoms with Crippen molar-refractivity contribution in [3.8, 4) is 5.75 Å². The molecule has 86 valence electrons. The van der Waals surface area contributed by atoms with E-state index in [1.165, 1.54) is 7.11 Å². The molecule has 16 heavy (non-hydrogen) atoms. The van der Waals surface area contributed by atoms with Gasteiger partial charge < -0.3 is 10.5 Å². The number of Topliss-reactive ketones (excluding diaryl/α,β-unsaturated/α-hetero) is 1. The largest absolute Gasteiger partial charge is 0.494 e. The van der Waals surface area contributed by atoms with E-state index in [0.717, 1.165) is 12.8 Å². The van der Waals surface area contributed by atoms with Gasteiger partial charge in [-0.2, -0.15) is 0 Å². The lowest BCUT2D eigenvalue weighted by molar-refractivity contribution is 0.0963. The van der Waals surface area contributed by atoms with Crippen molar-refractivity contribution in [1.29, 1.82) is 0 Å². The fourth-order valence-corrected chi connectivity index (χ4v) is 1.77. The highest BCUT2D eigenvalue weighted by atomic mass is 16.5. The second kappa shape index (κ2) is 4.61. The first-order valence-electron chi connectivity index (χ1n) is 5.50. The van der Waals surface area contributed by atoms with Gasteiger partial charge in [-0.25, -0.2) is 4.98 Å². The zero-order valence-electron chi connectivity index (χ0n) is 9.35. The Labute approximate surface area is 94.8 Å². The lowest BCUT2D eigenvalue weighted by atomic mass is 10.0. The fraction of sp³-hybridized carbons (Fsp3) is 0.500. The Morgan fingerprint density at radius 1 is 1.69 bits per heavy atom. The molecule has 2 N–H and O–H groups in total. The number of nitrogens with zero attached hydrogens (tertiary/aromatic N) is 1. The van der Waals surface area contributed by atoms with Crippen LogP contribution in [0.4, 0.5) is 0 Å². The molecular weight excluding hydrogens is 204 g/mol. The third-order valence-corrected chi connectivity index (χ3v) is 2.90. The highest BCUT2D eigenvalue weighted by molar-refractivity contribution is 5.97. The van der Waals surface area contributed by atoms with Crippen molar-refractivity contribution in [3.63, 3.8) is 0 Å². The Bertz CT molecular complexity index is 388. The summed E-state index contributed by atoms with van der Waals surface area (Å²) in [6.07, 6.45) is 4.25. The van der Waals surface area contributed by atoms with Crippen LogP contribution in [0.5, 0.6) is 5.75 Å². The Balaban J connectivity index is 2.07. The number of hydrogen-bond acceptors (Lipinski definition) is 4. The zero-order chi connectivity index (χ0) is 11.5. The number of ether oxygens (including phenoxy) is 1. The average molecular weight is 220 g/mol. The molecule has 1 aromatic heterocycles. The van der Waals surface area contributed by atoms with E-state index < -0.39 is 0 Å². The monoisotopic (exact) mass is 220 g/mol. The molecule has 0 saturated heterocycles. The van der Waals surface area contributed by atoms with E-state index in [0.29, 0.717) is 23.8 Å². The fourth-order valence-electron chi connectivity index (χ4n) is 1.77. The maximum absolute atomic E-state index is 11.9. The third kappa shape index (κ3) is 2.39. The van der Waals surface area contributed by atoms with Crippen LogP contribution >= 0.6 is 0 Å². The summed E-state index contributed by atoms with van der Waals surface area (Å²) in [5.41, 5.74) is 6.31. The van der Waals surface area contributed by atoms with Crippen molar-refractivity contribution < 1.29 is 9.53 Å². The molecule has 4 nitrogen and oxygen atoms in total. The SMILES string of the molecule is COc1cccnc1C(=O)CC(N)C1CC1. The molecule has 4 heteroatoms. The number of carbonyl (C=O) groups is 1. The van der Waals surface area contributed by atoms with Gasteiger partial charge in [-0.15, -0.1) is 0 Å². The molecule has 0 spiro atoms. The van der Waals surface area contributed by atoms with Gasteiger partial charge in [0.05, 0.1) is 7.11 Å². The minimum Gasteiger partial charge on any atom is -0.494 e. The zero-order valence-corrected chi connectivity index (χ0v) is 9.35. The molecule has 1 heterocycles. The van der Waals surface area contributed by atoms with Crippen molar-refractivity contribution in [2.24, 2.45) is 11.7 Å². The third-order valence-electron chi connectivity index (χ3n) is 2.90. The van der Waals surface area contributed by atoms with E-state index in [-0.39, 0.29) is 11.8 Å². The smallest absolute Gasteiger partial charge is 0.186 e. The lowest BCUT2D eigenvalue weighted by Gasteiger charge is -2.10. The normalized spacial score (nSPS) is 16.9. The van der Waals surface area contributed by atoms with E-state index >= 15 is 0 Å². The van der Waals surface area contributed by atoms with Crippen molar-refractivity contribution in [1.82, 2.24) is 4.98 Å². The standard InChI is InChI=1S/C12H16N2O2/c1-16-11-3-2-6-14-12(11)10(15)7-9(13)8-4-5-8/h2-3,6,8-9H,4-5,7,13H2,1H3. The van der Waals surface area contributed by atoms with Crippen LogP contribution in [0.15, 0.2) is 18.3 Å². The molecule has 1 atom stereocenters. The second-order valence-corrected chi connectivity index (χ2v) is 4.18.